The summed E-state index contributed by atoms with van der Waals surface area (Å²) >= 11 is 0. The minimum absolute atomic E-state index is 0.0345. The summed E-state index contributed by atoms with van der Waals surface area (Å²) < 4.78 is 11.4. The second-order valence-electron chi connectivity index (χ2n) is 7.70. The Morgan fingerprint density at radius 2 is 1.85 bits per heavy atom. The van der Waals surface area contributed by atoms with Gasteiger partial charge in [-0.3, -0.25) is 4.79 Å². The summed E-state index contributed by atoms with van der Waals surface area (Å²) in [5, 5.41) is 3.13. The van der Waals surface area contributed by atoms with Crippen LogP contribution in [-0.2, 0) is 14.9 Å². The molecule has 144 valence electrons. The first-order chi connectivity index (χ1) is 13.0. The Kier molecular flexibility index (Phi) is 6.17. The largest absolute Gasteiger partial charge is 0.493 e. The fourth-order valence-electron chi connectivity index (χ4n) is 3.52. The van der Waals surface area contributed by atoms with Gasteiger partial charge in [-0.25, -0.2) is 0 Å². The standard InChI is InChI=1S/C23H29NO3/c1-17(2)16-27-21-10-9-20(15-18(21)3)24-22(25)23(11-13-26-14-12-23)19-7-5-4-6-8-19/h4-10,15,17H,11-14,16H2,1-3H3,(H,24,25). The Morgan fingerprint density at radius 3 is 2.48 bits per heavy atom. The number of nitrogens with one attached hydrogen (secondary N) is 1. The molecule has 2 aromatic carbocycles. The Bertz CT molecular complexity index is 764. The molecule has 1 aliphatic rings. The highest BCUT2D eigenvalue weighted by Gasteiger charge is 2.41. The third-order valence-electron chi connectivity index (χ3n) is 5.11. The average molecular weight is 367 g/mol. The Morgan fingerprint density at radius 1 is 1.15 bits per heavy atom. The molecule has 1 amide bonds. The molecule has 4 heteroatoms. The lowest BCUT2D eigenvalue weighted by molar-refractivity contribution is -0.125. The van der Waals surface area contributed by atoms with E-state index in [9.17, 15) is 4.79 Å². The monoisotopic (exact) mass is 367 g/mol. The van der Waals surface area contributed by atoms with Crippen molar-refractivity contribution in [1.82, 2.24) is 0 Å². The predicted molar refractivity (Wildman–Crippen MR) is 108 cm³/mol. The van der Waals surface area contributed by atoms with Crippen molar-refractivity contribution < 1.29 is 14.3 Å². The normalized spacial score (nSPS) is 16.1. The van der Waals surface area contributed by atoms with E-state index in [0.29, 0.717) is 38.6 Å². The van der Waals surface area contributed by atoms with Gasteiger partial charge in [-0.1, -0.05) is 44.2 Å². The van der Waals surface area contributed by atoms with Crippen LogP contribution in [0, 0.1) is 12.8 Å². The van der Waals surface area contributed by atoms with E-state index < -0.39 is 5.41 Å². The van der Waals surface area contributed by atoms with Gasteiger partial charge >= 0.3 is 0 Å². The molecule has 4 nitrogen and oxygen atoms in total. The third kappa shape index (κ3) is 4.51. The first-order valence-electron chi connectivity index (χ1n) is 9.69. The Hall–Kier alpha value is -2.33. The fraction of sp³-hybridized carbons (Fsp3) is 0.435. The van der Waals surface area contributed by atoms with E-state index in [-0.39, 0.29) is 5.91 Å². The first kappa shape index (κ1) is 19.4. The van der Waals surface area contributed by atoms with Crippen LogP contribution in [0.15, 0.2) is 48.5 Å². The highest BCUT2D eigenvalue weighted by atomic mass is 16.5. The Labute approximate surface area is 161 Å². The van der Waals surface area contributed by atoms with Crippen LogP contribution < -0.4 is 10.1 Å². The Balaban J connectivity index is 1.79. The molecule has 0 atom stereocenters. The van der Waals surface area contributed by atoms with Gasteiger partial charge in [-0.2, -0.15) is 0 Å². The zero-order valence-electron chi connectivity index (χ0n) is 16.5. The van der Waals surface area contributed by atoms with Crippen LogP contribution >= 0.6 is 0 Å². The molecule has 0 aromatic heterocycles. The smallest absolute Gasteiger partial charge is 0.235 e. The molecule has 0 spiro atoms. The molecule has 1 aliphatic heterocycles. The van der Waals surface area contributed by atoms with Crippen LogP contribution in [0.3, 0.4) is 0 Å². The van der Waals surface area contributed by atoms with Gasteiger partial charge in [0.15, 0.2) is 0 Å². The van der Waals surface area contributed by atoms with Crippen LogP contribution in [-0.4, -0.2) is 25.7 Å². The van der Waals surface area contributed by atoms with Crippen molar-refractivity contribution in [3.05, 3.63) is 59.7 Å². The van der Waals surface area contributed by atoms with E-state index in [1.54, 1.807) is 0 Å². The first-order valence-corrected chi connectivity index (χ1v) is 9.69. The van der Waals surface area contributed by atoms with Crippen molar-refractivity contribution in [3.8, 4) is 5.75 Å². The van der Waals surface area contributed by atoms with Crippen molar-refractivity contribution in [3.63, 3.8) is 0 Å². The number of carbonyl (C=O) groups excluding carboxylic acids is 1. The zero-order valence-corrected chi connectivity index (χ0v) is 16.5. The van der Waals surface area contributed by atoms with Gasteiger partial charge in [0, 0.05) is 18.9 Å². The maximum absolute atomic E-state index is 13.3. The molecule has 0 saturated carbocycles. The van der Waals surface area contributed by atoms with Gasteiger partial charge in [0.1, 0.15) is 5.75 Å². The zero-order chi connectivity index (χ0) is 19.3. The topological polar surface area (TPSA) is 47.6 Å². The molecule has 1 heterocycles. The van der Waals surface area contributed by atoms with Gasteiger partial charge in [-0.05, 0) is 55.0 Å². The number of benzene rings is 2. The van der Waals surface area contributed by atoms with Crippen LogP contribution in [0.25, 0.3) is 0 Å². The summed E-state index contributed by atoms with van der Waals surface area (Å²) in [5.41, 5.74) is 2.34. The van der Waals surface area contributed by atoms with Crippen LogP contribution in [0.4, 0.5) is 5.69 Å². The second kappa shape index (κ2) is 8.57. The molecular formula is C23H29NO3. The van der Waals surface area contributed by atoms with Gasteiger partial charge in [-0.15, -0.1) is 0 Å². The summed E-state index contributed by atoms with van der Waals surface area (Å²) in [6.07, 6.45) is 1.38. The summed E-state index contributed by atoms with van der Waals surface area (Å²) in [4.78, 5) is 13.3. The second-order valence-corrected chi connectivity index (χ2v) is 7.70. The molecule has 0 aliphatic carbocycles. The highest BCUT2D eigenvalue weighted by molar-refractivity contribution is 5.99. The molecule has 1 N–H and O–H groups in total. The van der Waals surface area contributed by atoms with Crippen LogP contribution in [0.5, 0.6) is 5.75 Å². The summed E-state index contributed by atoms with van der Waals surface area (Å²) in [6.45, 7) is 8.14. The van der Waals surface area contributed by atoms with Gasteiger partial charge in [0.25, 0.3) is 0 Å². The van der Waals surface area contributed by atoms with E-state index in [4.69, 9.17) is 9.47 Å². The quantitative estimate of drug-likeness (QED) is 0.804. The van der Waals surface area contributed by atoms with E-state index >= 15 is 0 Å². The summed E-state index contributed by atoms with van der Waals surface area (Å²) in [5.74, 6) is 1.38. The number of hydrogen-bond donors (Lipinski definition) is 1. The number of rotatable bonds is 6. The number of amides is 1. The average Bonchev–Trinajstić information content (AvgIpc) is 2.68. The minimum atomic E-state index is -0.541. The van der Waals surface area contributed by atoms with Crippen molar-refractivity contribution in [2.75, 3.05) is 25.1 Å². The van der Waals surface area contributed by atoms with Crippen molar-refractivity contribution in [1.29, 1.82) is 0 Å². The van der Waals surface area contributed by atoms with Crippen LogP contribution in [0.1, 0.15) is 37.8 Å². The van der Waals surface area contributed by atoms with E-state index in [2.05, 4.69) is 19.2 Å². The molecule has 1 saturated heterocycles. The molecular weight excluding hydrogens is 338 g/mol. The fourth-order valence-corrected chi connectivity index (χ4v) is 3.52. The molecule has 2 aromatic rings. The number of anilines is 1. The SMILES string of the molecule is Cc1cc(NC(=O)C2(c3ccccc3)CCOCC2)ccc1OCC(C)C. The van der Waals surface area contributed by atoms with Gasteiger partial charge in [0.05, 0.1) is 12.0 Å². The molecule has 0 unspecified atom stereocenters. The summed E-state index contributed by atoms with van der Waals surface area (Å²) in [7, 11) is 0. The maximum atomic E-state index is 13.3. The predicted octanol–water partition coefficient (Wildman–Crippen LogP) is 4.72. The lowest BCUT2D eigenvalue weighted by Crippen LogP contribution is -2.44. The lowest BCUT2D eigenvalue weighted by atomic mass is 9.73. The molecule has 27 heavy (non-hydrogen) atoms. The van der Waals surface area contributed by atoms with Gasteiger partial charge < -0.3 is 14.8 Å². The molecule has 3 rings (SSSR count). The van der Waals surface area contributed by atoms with Crippen molar-refractivity contribution in [2.45, 2.75) is 39.0 Å². The molecule has 1 fully saturated rings. The lowest BCUT2D eigenvalue weighted by Gasteiger charge is -2.36. The number of aryl methyl sites for hydroxylation is 1. The van der Waals surface area contributed by atoms with E-state index in [1.807, 2.05) is 55.5 Å². The molecule has 0 radical (unpaired) electrons. The number of hydrogen-bond acceptors (Lipinski definition) is 3. The van der Waals surface area contributed by atoms with Crippen molar-refractivity contribution >= 4 is 11.6 Å². The highest BCUT2D eigenvalue weighted by Crippen LogP contribution is 2.36. The number of carbonyl (C=O) groups is 1. The van der Waals surface area contributed by atoms with E-state index in [1.165, 1.54) is 0 Å². The van der Waals surface area contributed by atoms with Crippen molar-refractivity contribution in [2.24, 2.45) is 5.92 Å². The summed E-state index contributed by atoms with van der Waals surface area (Å²) in [6, 6.07) is 15.9. The van der Waals surface area contributed by atoms with Gasteiger partial charge in [0.2, 0.25) is 5.91 Å². The van der Waals surface area contributed by atoms with Crippen LogP contribution in [0.2, 0.25) is 0 Å². The maximum Gasteiger partial charge on any atom is 0.235 e. The third-order valence-corrected chi connectivity index (χ3v) is 5.11. The minimum Gasteiger partial charge on any atom is -0.493 e. The molecule has 0 bridgehead atoms. The van der Waals surface area contributed by atoms with E-state index in [0.717, 1.165) is 22.6 Å². The number of ether oxygens (including phenoxy) is 2.